The number of halogens is 2. The van der Waals surface area contributed by atoms with Crippen molar-refractivity contribution in [3.05, 3.63) is 34.1 Å². The van der Waals surface area contributed by atoms with E-state index in [1.807, 2.05) is 0 Å². The lowest BCUT2D eigenvalue weighted by Crippen LogP contribution is -2.14. The molecule has 1 atom stereocenters. The van der Waals surface area contributed by atoms with E-state index in [1.54, 1.807) is 6.92 Å². The number of hydrogen-bond donors (Lipinski definition) is 1. The van der Waals surface area contributed by atoms with Crippen molar-refractivity contribution in [2.75, 3.05) is 6.54 Å². The first-order chi connectivity index (χ1) is 8.06. The van der Waals surface area contributed by atoms with Crippen molar-refractivity contribution < 1.29 is 9.18 Å². The second-order valence-corrected chi connectivity index (χ2v) is 4.99. The van der Waals surface area contributed by atoms with Crippen molar-refractivity contribution in [1.82, 2.24) is 5.32 Å². The van der Waals surface area contributed by atoms with E-state index in [2.05, 4.69) is 5.32 Å². The molecule has 0 saturated carbocycles. The molecule has 1 aliphatic heterocycles. The largest absolute Gasteiger partial charge is 0.356 e. The highest BCUT2D eigenvalue weighted by atomic mass is 35.5. The van der Waals surface area contributed by atoms with Gasteiger partial charge in [0.1, 0.15) is 5.82 Å². The first-order valence-corrected chi connectivity index (χ1v) is 6.15. The van der Waals surface area contributed by atoms with Crippen LogP contribution in [0.1, 0.15) is 24.0 Å². The number of carbonyl (C=O) groups is 1. The van der Waals surface area contributed by atoms with E-state index in [4.69, 9.17) is 11.6 Å². The van der Waals surface area contributed by atoms with Crippen LogP contribution in [0.2, 0.25) is 5.02 Å². The summed E-state index contributed by atoms with van der Waals surface area (Å²) >= 11 is 6.13. The molecule has 17 heavy (non-hydrogen) atoms. The van der Waals surface area contributed by atoms with Crippen LogP contribution in [-0.4, -0.2) is 12.5 Å². The summed E-state index contributed by atoms with van der Waals surface area (Å²) in [7, 11) is 0. The van der Waals surface area contributed by atoms with Crippen LogP contribution in [0.25, 0.3) is 0 Å². The number of rotatable bonds is 3. The molecule has 0 spiro atoms. The Balaban J connectivity index is 2.01. The third-order valence-electron chi connectivity index (χ3n) is 3.18. The van der Waals surface area contributed by atoms with Gasteiger partial charge in [0, 0.05) is 18.0 Å². The topological polar surface area (TPSA) is 29.1 Å². The van der Waals surface area contributed by atoms with Crippen LogP contribution in [-0.2, 0) is 11.2 Å². The molecule has 1 aromatic rings. The quantitative estimate of drug-likeness (QED) is 0.884. The summed E-state index contributed by atoms with van der Waals surface area (Å²) in [5.74, 6) is 0.209. The van der Waals surface area contributed by atoms with E-state index >= 15 is 0 Å². The normalized spacial score (nSPS) is 19.5. The molecule has 1 aromatic carbocycles. The van der Waals surface area contributed by atoms with Gasteiger partial charge in [0.15, 0.2) is 0 Å². The van der Waals surface area contributed by atoms with Gasteiger partial charge in [0.25, 0.3) is 0 Å². The van der Waals surface area contributed by atoms with Gasteiger partial charge in [-0.3, -0.25) is 4.79 Å². The van der Waals surface area contributed by atoms with Crippen LogP contribution in [0.15, 0.2) is 12.1 Å². The van der Waals surface area contributed by atoms with Gasteiger partial charge in [0.05, 0.1) is 0 Å². The minimum atomic E-state index is -0.248. The van der Waals surface area contributed by atoms with Crippen LogP contribution in [0.3, 0.4) is 0 Å². The fourth-order valence-corrected chi connectivity index (χ4v) is 2.41. The smallest absolute Gasteiger partial charge is 0.220 e. The van der Waals surface area contributed by atoms with Crippen molar-refractivity contribution in [3.8, 4) is 0 Å². The minimum absolute atomic E-state index is 0.108. The number of carbonyl (C=O) groups excluding carboxylic acids is 1. The standard InChI is InChI=1S/C13H15ClFNO/c1-8-4-11(15)6-10(13(8)14)3-2-9-5-12(17)16-7-9/h4,6,9H,2-3,5,7H2,1H3,(H,16,17). The average Bonchev–Trinajstić information content (AvgIpc) is 2.67. The summed E-state index contributed by atoms with van der Waals surface area (Å²) in [4.78, 5) is 11.0. The lowest BCUT2D eigenvalue weighted by molar-refractivity contribution is -0.119. The molecular formula is C13H15ClFNO. The van der Waals surface area contributed by atoms with Gasteiger partial charge in [-0.05, 0) is 48.9 Å². The number of benzene rings is 1. The number of nitrogens with one attached hydrogen (secondary N) is 1. The molecule has 0 bridgehead atoms. The lowest BCUT2D eigenvalue weighted by atomic mass is 9.97. The predicted molar refractivity (Wildman–Crippen MR) is 65.6 cm³/mol. The van der Waals surface area contributed by atoms with Crippen LogP contribution in [0, 0.1) is 18.7 Å². The first kappa shape index (κ1) is 12.4. The van der Waals surface area contributed by atoms with Crippen molar-refractivity contribution in [2.24, 2.45) is 5.92 Å². The molecule has 1 saturated heterocycles. The second kappa shape index (κ2) is 5.05. The van der Waals surface area contributed by atoms with E-state index in [1.165, 1.54) is 12.1 Å². The molecule has 92 valence electrons. The molecule has 1 N–H and O–H groups in total. The predicted octanol–water partition coefficient (Wildman–Crippen LogP) is 2.86. The molecule has 4 heteroatoms. The fraction of sp³-hybridized carbons (Fsp3) is 0.462. The van der Waals surface area contributed by atoms with Crippen molar-refractivity contribution in [1.29, 1.82) is 0 Å². The molecule has 0 aliphatic carbocycles. The zero-order valence-electron chi connectivity index (χ0n) is 9.72. The Hall–Kier alpha value is -1.09. The maximum absolute atomic E-state index is 13.2. The molecule has 0 aromatic heterocycles. The second-order valence-electron chi connectivity index (χ2n) is 4.61. The van der Waals surface area contributed by atoms with Gasteiger partial charge < -0.3 is 5.32 Å². The van der Waals surface area contributed by atoms with E-state index in [0.29, 0.717) is 17.4 Å². The summed E-state index contributed by atoms with van der Waals surface area (Å²) in [5, 5.41) is 3.44. The zero-order valence-corrected chi connectivity index (χ0v) is 10.5. The molecule has 1 amide bonds. The Morgan fingerprint density at radius 1 is 1.53 bits per heavy atom. The zero-order chi connectivity index (χ0) is 12.4. The Morgan fingerprint density at radius 3 is 2.94 bits per heavy atom. The maximum atomic E-state index is 13.2. The highest BCUT2D eigenvalue weighted by Gasteiger charge is 2.21. The Kier molecular flexibility index (Phi) is 3.67. The third-order valence-corrected chi connectivity index (χ3v) is 3.72. The summed E-state index contributed by atoms with van der Waals surface area (Å²) in [6, 6.07) is 2.92. The maximum Gasteiger partial charge on any atom is 0.220 e. The third kappa shape index (κ3) is 2.97. The highest BCUT2D eigenvalue weighted by Crippen LogP contribution is 2.25. The van der Waals surface area contributed by atoms with E-state index in [0.717, 1.165) is 30.5 Å². The van der Waals surface area contributed by atoms with Crippen LogP contribution in [0.4, 0.5) is 4.39 Å². The van der Waals surface area contributed by atoms with Gasteiger partial charge in [0.2, 0.25) is 5.91 Å². The summed E-state index contributed by atoms with van der Waals surface area (Å²) < 4.78 is 13.2. The molecular weight excluding hydrogens is 241 g/mol. The molecule has 1 aliphatic rings. The summed E-state index contributed by atoms with van der Waals surface area (Å²) in [6.45, 7) is 2.53. The van der Waals surface area contributed by atoms with Crippen molar-refractivity contribution >= 4 is 17.5 Å². The van der Waals surface area contributed by atoms with Crippen LogP contribution < -0.4 is 5.32 Å². The van der Waals surface area contributed by atoms with Crippen molar-refractivity contribution in [2.45, 2.75) is 26.2 Å². The number of amides is 1. The Labute approximate surface area is 105 Å². The molecule has 2 rings (SSSR count). The van der Waals surface area contributed by atoms with Gasteiger partial charge in [-0.25, -0.2) is 4.39 Å². The minimum Gasteiger partial charge on any atom is -0.356 e. The van der Waals surface area contributed by atoms with Crippen LogP contribution in [0.5, 0.6) is 0 Å². The molecule has 0 radical (unpaired) electrons. The summed E-state index contributed by atoms with van der Waals surface area (Å²) in [5.41, 5.74) is 1.60. The fourth-order valence-electron chi connectivity index (χ4n) is 2.21. The van der Waals surface area contributed by atoms with Crippen LogP contribution >= 0.6 is 11.6 Å². The van der Waals surface area contributed by atoms with Gasteiger partial charge in [-0.2, -0.15) is 0 Å². The van der Waals surface area contributed by atoms with Gasteiger partial charge in [-0.1, -0.05) is 11.6 Å². The molecule has 1 unspecified atom stereocenters. The SMILES string of the molecule is Cc1cc(F)cc(CCC2CNC(=O)C2)c1Cl. The van der Waals surface area contributed by atoms with Crippen molar-refractivity contribution in [3.63, 3.8) is 0 Å². The number of aryl methyl sites for hydroxylation is 2. The van der Waals surface area contributed by atoms with E-state index in [9.17, 15) is 9.18 Å². The lowest BCUT2D eigenvalue weighted by Gasteiger charge is -2.10. The van der Waals surface area contributed by atoms with E-state index in [-0.39, 0.29) is 11.7 Å². The molecule has 1 heterocycles. The van der Waals surface area contributed by atoms with Gasteiger partial charge >= 0.3 is 0 Å². The molecule has 1 fully saturated rings. The number of hydrogen-bond acceptors (Lipinski definition) is 1. The Bertz CT molecular complexity index is 447. The van der Waals surface area contributed by atoms with Gasteiger partial charge in [-0.15, -0.1) is 0 Å². The molecule has 2 nitrogen and oxygen atoms in total. The highest BCUT2D eigenvalue weighted by molar-refractivity contribution is 6.32. The first-order valence-electron chi connectivity index (χ1n) is 5.77. The average molecular weight is 256 g/mol. The monoisotopic (exact) mass is 255 g/mol. The summed E-state index contributed by atoms with van der Waals surface area (Å²) in [6.07, 6.45) is 2.16. The Morgan fingerprint density at radius 2 is 2.29 bits per heavy atom. The van der Waals surface area contributed by atoms with E-state index < -0.39 is 0 Å².